The summed E-state index contributed by atoms with van der Waals surface area (Å²) in [6.07, 6.45) is 1.69. The third kappa shape index (κ3) is 7.96. The maximum absolute atomic E-state index is 12.0. The smallest absolute Gasteiger partial charge is 0.378 e. The summed E-state index contributed by atoms with van der Waals surface area (Å²) in [5.74, 6) is -0.484. The van der Waals surface area contributed by atoms with Crippen molar-refractivity contribution >= 4 is 18.0 Å². The number of aryl methyl sites for hydroxylation is 1. The second-order valence-electron chi connectivity index (χ2n) is 6.66. The molecule has 1 aliphatic heterocycles. The van der Waals surface area contributed by atoms with E-state index in [2.05, 4.69) is 9.78 Å². The number of benzene rings is 1. The maximum Gasteiger partial charge on any atom is 0.452 e. The molecule has 2 rings (SSSR count). The van der Waals surface area contributed by atoms with E-state index < -0.39 is 12.1 Å². The number of hydrogen-bond donors (Lipinski definition) is 0. The highest BCUT2D eigenvalue weighted by Gasteiger charge is 2.17. The molecule has 0 bridgehead atoms. The number of nitrogens with zero attached hydrogens (tertiary/aromatic N) is 2. The topological polar surface area (TPSA) is 85.4 Å². The van der Waals surface area contributed by atoms with E-state index in [1.165, 1.54) is 4.90 Å². The number of morpholine rings is 1. The predicted octanol–water partition coefficient (Wildman–Crippen LogP) is 2.17. The fraction of sp³-hybridized carbons (Fsp3) is 0.550. The summed E-state index contributed by atoms with van der Waals surface area (Å²) >= 11 is 0. The number of rotatable bonds is 8. The van der Waals surface area contributed by atoms with Crippen LogP contribution in [0.4, 0.5) is 4.79 Å². The van der Waals surface area contributed by atoms with Crippen molar-refractivity contribution in [1.29, 1.82) is 0 Å². The standard InChI is InChI=1S/C20H28N2O6/c1-21(12-6-5-9-18(23)22-13-15-26-16-14-22)20(25)28-27-19(24)11-10-17-7-3-2-4-8-17/h2-4,7-8H,5-6,9-16H2,1H3. The number of ether oxygens (including phenoxy) is 1. The zero-order chi connectivity index (χ0) is 20.2. The summed E-state index contributed by atoms with van der Waals surface area (Å²) in [5.41, 5.74) is 1.01. The summed E-state index contributed by atoms with van der Waals surface area (Å²) in [6.45, 7) is 2.87. The van der Waals surface area contributed by atoms with Gasteiger partial charge in [-0.2, -0.15) is 0 Å². The number of carbonyl (C=O) groups is 3. The van der Waals surface area contributed by atoms with Gasteiger partial charge in [0.05, 0.1) is 19.6 Å². The van der Waals surface area contributed by atoms with E-state index in [1.807, 2.05) is 30.3 Å². The molecule has 1 heterocycles. The monoisotopic (exact) mass is 392 g/mol. The number of hydrogen-bond acceptors (Lipinski definition) is 6. The highest BCUT2D eigenvalue weighted by Crippen LogP contribution is 2.06. The Hall–Kier alpha value is -2.61. The van der Waals surface area contributed by atoms with Gasteiger partial charge in [0.2, 0.25) is 5.91 Å². The van der Waals surface area contributed by atoms with Crippen LogP contribution in [0.25, 0.3) is 0 Å². The molecule has 154 valence electrons. The van der Waals surface area contributed by atoms with Gasteiger partial charge >= 0.3 is 12.1 Å². The van der Waals surface area contributed by atoms with Gasteiger partial charge in [-0.15, -0.1) is 0 Å². The third-order valence-electron chi connectivity index (χ3n) is 4.48. The minimum atomic E-state index is -0.729. The molecule has 1 aromatic carbocycles. The SMILES string of the molecule is CN(CCCCC(=O)N1CCOCC1)C(=O)OOC(=O)CCc1ccccc1. The molecule has 2 amide bonds. The van der Waals surface area contributed by atoms with E-state index in [0.717, 1.165) is 5.56 Å². The number of unbranched alkanes of at least 4 members (excludes halogenated alkanes) is 1. The minimum absolute atomic E-state index is 0.112. The molecule has 0 aromatic heterocycles. The van der Waals surface area contributed by atoms with Gasteiger partial charge in [0.1, 0.15) is 0 Å². The third-order valence-corrected chi connectivity index (χ3v) is 4.48. The van der Waals surface area contributed by atoms with Crippen LogP contribution in [0.3, 0.4) is 0 Å². The molecule has 0 radical (unpaired) electrons. The van der Waals surface area contributed by atoms with E-state index in [0.29, 0.717) is 58.5 Å². The fourth-order valence-electron chi connectivity index (χ4n) is 2.77. The van der Waals surface area contributed by atoms with Crippen molar-refractivity contribution in [3.8, 4) is 0 Å². The summed E-state index contributed by atoms with van der Waals surface area (Å²) in [4.78, 5) is 47.8. The van der Waals surface area contributed by atoms with Gasteiger partial charge in [-0.3, -0.25) is 4.79 Å². The Bertz CT molecular complexity index is 631. The molecular formula is C20H28N2O6. The molecule has 1 saturated heterocycles. The van der Waals surface area contributed by atoms with Gasteiger partial charge in [0.15, 0.2) is 0 Å². The van der Waals surface area contributed by atoms with Gasteiger partial charge in [-0.1, -0.05) is 30.3 Å². The molecule has 1 fully saturated rings. The first-order chi connectivity index (χ1) is 13.6. The van der Waals surface area contributed by atoms with Crippen LogP contribution >= 0.6 is 0 Å². The summed E-state index contributed by atoms with van der Waals surface area (Å²) < 4.78 is 5.22. The fourth-order valence-corrected chi connectivity index (χ4v) is 2.77. The normalized spacial score (nSPS) is 13.7. The molecule has 0 saturated carbocycles. The van der Waals surface area contributed by atoms with Crippen LogP contribution < -0.4 is 0 Å². The molecule has 0 N–H and O–H groups in total. The van der Waals surface area contributed by atoms with Gasteiger partial charge in [0.25, 0.3) is 0 Å². The Balaban J connectivity index is 1.54. The molecule has 28 heavy (non-hydrogen) atoms. The van der Waals surface area contributed by atoms with Crippen molar-refractivity contribution in [3.05, 3.63) is 35.9 Å². The molecular weight excluding hydrogens is 364 g/mol. The van der Waals surface area contributed by atoms with E-state index in [4.69, 9.17) is 4.74 Å². The van der Waals surface area contributed by atoms with E-state index in [1.54, 1.807) is 11.9 Å². The molecule has 0 unspecified atom stereocenters. The predicted molar refractivity (Wildman–Crippen MR) is 101 cm³/mol. The van der Waals surface area contributed by atoms with Crippen molar-refractivity contribution in [2.45, 2.75) is 32.1 Å². The van der Waals surface area contributed by atoms with Gasteiger partial charge < -0.3 is 14.5 Å². The number of carbonyl (C=O) groups excluding carboxylic acids is 3. The average Bonchev–Trinajstić information content (AvgIpc) is 2.74. The lowest BCUT2D eigenvalue weighted by atomic mass is 10.1. The molecule has 0 atom stereocenters. The second-order valence-corrected chi connectivity index (χ2v) is 6.66. The zero-order valence-electron chi connectivity index (χ0n) is 16.3. The Morgan fingerprint density at radius 2 is 1.75 bits per heavy atom. The Kier molecular flexibility index (Phi) is 9.27. The van der Waals surface area contributed by atoms with E-state index >= 15 is 0 Å². The summed E-state index contributed by atoms with van der Waals surface area (Å²) in [6, 6.07) is 9.51. The molecule has 0 spiro atoms. The minimum Gasteiger partial charge on any atom is -0.378 e. The maximum atomic E-state index is 12.0. The van der Waals surface area contributed by atoms with Gasteiger partial charge in [0, 0.05) is 33.1 Å². The lowest BCUT2D eigenvalue weighted by Gasteiger charge is -2.26. The first kappa shape index (κ1) is 21.7. The Morgan fingerprint density at radius 1 is 1.04 bits per heavy atom. The van der Waals surface area contributed by atoms with Crippen molar-refractivity contribution in [3.63, 3.8) is 0 Å². The van der Waals surface area contributed by atoms with E-state index in [-0.39, 0.29) is 12.3 Å². The van der Waals surface area contributed by atoms with Crippen LogP contribution in [-0.2, 0) is 30.5 Å². The van der Waals surface area contributed by atoms with Gasteiger partial charge in [-0.05, 0) is 24.8 Å². The molecule has 0 aliphatic carbocycles. The Labute approximate surface area is 165 Å². The molecule has 1 aliphatic rings. The highest BCUT2D eigenvalue weighted by molar-refractivity contribution is 5.76. The highest BCUT2D eigenvalue weighted by atomic mass is 17.2. The largest absolute Gasteiger partial charge is 0.452 e. The van der Waals surface area contributed by atoms with Crippen molar-refractivity contribution in [2.75, 3.05) is 39.9 Å². The van der Waals surface area contributed by atoms with Crippen molar-refractivity contribution < 1.29 is 28.9 Å². The molecule has 8 heteroatoms. The second kappa shape index (κ2) is 12.0. The van der Waals surface area contributed by atoms with Crippen LogP contribution in [0.1, 0.15) is 31.2 Å². The van der Waals surface area contributed by atoms with Crippen LogP contribution in [0.2, 0.25) is 0 Å². The zero-order valence-corrected chi connectivity index (χ0v) is 16.3. The summed E-state index contributed by atoms with van der Waals surface area (Å²) in [7, 11) is 1.56. The number of amides is 2. The molecule has 1 aromatic rings. The Morgan fingerprint density at radius 3 is 2.46 bits per heavy atom. The lowest BCUT2D eigenvalue weighted by Crippen LogP contribution is -2.40. The molecule has 8 nitrogen and oxygen atoms in total. The van der Waals surface area contributed by atoms with Crippen molar-refractivity contribution in [2.24, 2.45) is 0 Å². The summed E-state index contributed by atoms with van der Waals surface area (Å²) in [5, 5.41) is 0. The van der Waals surface area contributed by atoms with Crippen LogP contribution in [0, 0.1) is 0 Å². The average molecular weight is 392 g/mol. The quantitative estimate of drug-likeness (QED) is 0.383. The van der Waals surface area contributed by atoms with Crippen molar-refractivity contribution in [1.82, 2.24) is 9.80 Å². The van der Waals surface area contributed by atoms with E-state index in [9.17, 15) is 14.4 Å². The van der Waals surface area contributed by atoms with Gasteiger partial charge in [-0.25, -0.2) is 19.4 Å². The van der Waals surface area contributed by atoms with Crippen LogP contribution in [0.5, 0.6) is 0 Å². The van der Waals surface area contributed by atoms with Crippen LogP contribution in [0.15, 0.2) is 30.3 Å². The first-order valence-corrected chi connectivity index (χ1v) is 9.58. The van der Waals surface area contributed by atoms with Crippen LogP contribution in [-0.4, -0.2) is 67.7 Å². The first-order valence-electron chi connectivity index (χ1n) is 9.58. The lowest BCUT2D eigenvalue weighted by molar-refractivity contribution is -0.236.